The average molecular weight is 368 g/mol. The Morgan fingerprint density at radius 2 is 1.60 bits per heavy atom. The number of methoxy groups -OCH3 is 1. The lowest BCUT2D eigenvalue weighted by atomic mass is 10.1. The van der Waals surface area contributed by atoms with Crippen LogP contribution in [0.2, 0.25) is 0 Å². The van der Waals surface area contributed by atoms with Crippen molar-refractivity contribution in [1.82, 2.24) is 0 Å². The Bertz CT molecular complexity index is 711. The molecule has 0 aromatic heterocycles. The van der Waals surface area contributed by atoms with Gasteiger partial charge in [-0.3, -0.25) is 4.79 Å². The topological polar surface area (TPSA) is 35.5 Å². The van der Waals surface area contributed by atoms with Crippen LogP contribution < -0.4 is 4.74 Å². The molecular weight excluding hydrogens is 354 g/mol. The number of allylic oxidation sites excluding steroid dienone is 1. The second-order valence-electron chi connectivity index (χ2n) is 6.16. The van der Waals surface area contributed by atoms with Gasteiger partial charge in [-0.05, 0) is 11.5 Å². The minimum Gasteiger partial charge on any atom is -0.491 e. The van der Waals surface area contributed by atoms with Gasteiger partial charge in [-0.1, -0.05) is 13.8 Å². The Labute approximate surface area is 139 Å². The third kappa shape index (κ3) is 3.32. The summed E-state index contributed by atoms with van der Waals surface area (Å²) in [5, 5.41) is 0. The Kier molecular flexibility index (Phi) is 5.06. The molecule has 1 aliphatic carbocycles. The molecule has 0 bridgehead atoms. The van der Waals surface area contributed by atoms with Crippen molar-refractivity contribution in [2.45, 2.75) is 20.5 Å². The van der Waals surface area contributed by atoms with E-state index in [0.29, 0.717) is 6.08 Å². The van der Waals surface area contributed by atoms with E-state index in [1.54, 1.807) is 0 Å². The summed E-state index contributed by atoms with van der Waals surface area (Å²) in [5.41, 5.74) is -1.96. The minimum atomic E-state index is -1.97. The summed E-state index contributed by atoms with van der Waals surface area (Å²) in [7, 11) is 0.826. The highest BCUT2D eigenvalue weighted by Gasteiger charge is 2.62. The van der Waals surface area contributed by atoms with Gasteiger partial charge in [-0.2, -0.15) is 17.6 Å². The van der Waals surface area contributed by atoms with Crippen LogP contribution in [0.5, 0.6) is 5.75 Å². The molecule has 0 amide bonds. The highest BCUT2D eigenvalue weighted by molar-refractivity contribution is 5.78. The summed E-state index contributed by atoms with van der Waals surface area (Å²) in [6, 6.07) is 0. The number of carbonyl (C=O) groups is 1. The number of hydrogen-bond donors (Lipinski definition) is 0. The predicted octanol–water partition coefficient (Wildman–Crippen LogP) is 4.35. The van der Waals surface area contributed by atoms with Gasteiger partial charge in [0.25, 0.3) is 6.08 Å². The number of esters is 1. The van der Waals surface area contributed by atoms with Gasteiger partial charge in [-0.25, -0.2) is 8.78 Å². The van der Waals surface area contributed by atoms with Crippen LogP contribution in [-0.2, 0) is 16.1 Å². The number of halogens is 6. The summed E-state index contributed by atoms with van der Waals surface area (Å²) in [6.45, 7) is 1.99. The van der Waals surface area contributed by atoms with E-state index in [1.165, 1.54) is 13.8 Å². The molecule has 0 N–H and O–H groups in total. The monoisotopic (exact) mass is 368 g/mol. The van der Waals surface area contributed by atoms with E-state index in [1.807, 2.05) is 0 Å². The van der Waals surface area contributed by atoms with E-state index < -0.39 is 70.5 Å². The van der Waals surface area contributed by atoms with Crippen molar-refractivity contribution >= 4 is 5.97 Å². The highest BCUT2D eigenvalue weighted by Crippen LogP contribution is 2.60. The number of ether oxygens (including phenoxy) is 2. The Balaban J connectivity index is 2.18. The third-order valence-electron chi connectivity index (χ3n) is 4.35. The zero-order valence-corrected chi connectivity index (χ0v) is 13.4. The van der Waals surface area contributed by atoms with Crippen molar-refractivity contribution in [1.29, 1.82) is 0 Å². The molecule has 0 radical (unpaired) electrons. The molecule has 0 heterocycles. The van der Waals surface area contributed by atoms with Crippen LogP contribution in [0, 0.1) is 40.5 Å². The van der Waals surface area contributed by atoms with E-state index in [4.69, 9.17) is 0 Å². The lowest BCUT2D eigenvalue weighted by Gasteiger charge is -2.11. The van der Waals surface area contributed by atoms with Crippen LogP contribution in [0.25, 0.3) is 0 Å². The average Bonchev–Trinajstić information content (AvgIpc) is 3.05. The molecule has 1 aromatic carbocycles. The van der Waals surface area contributed by atoms with Gasteiger partial charge < -0.3 is 9.47 Å². The first-order valence-electron chi connectivity index (χ1n) is 7.12. The number of hydrogen-bond acceptors (Lipinski definition) is 3. The van der Waals surface area contributed by atoms with Gasteiger partial charge in [0.15, 0.2) is 17.4 Å². The van der Waals surface area contributed by atoms with Crippen LogP contribution >= 0.6 is 0 Å². The second-order valence-corrected chi connectivity index (χ2v) is 6.16. The lowest BCUT2D eigenvalue weighted by Crippen LogP contribution is -2.14. The molecule has 2 rings (SSSR count). The van der Waals surface area contributed by atoms with Crippen molar-refractivity contribution in [2.24, 2.45) is 17.3 Å². The summed E-state index contributed by atoms with van der Waals surface area (Å²) in [5.74, 6) is -11.0. The molecule has 3 nitrogen and oxygen atoms in total. The SMILES string of the molecule is COc1c(F)c(F)c(COC(=O)C2C(C=C(F)F)C2(C)C)c(F)c1F. The summed E-state index contributed by atoms with van der Waals surface area (Å²) < 4.78 is 88.4. The highest BCUT2D eigenvalue weighted by atomic mass is 19.3. The molecule has 1 aliphatic rings. The van der Waals surface area contributed by atoms with Gasteiger partial charge in [0.2, 0.25) is 11.6 Å². The summed E-state index contributed by atoms with van der Waals surface area (Å²) in [6.07, 6.45) is -1.37. The van der Waals surface area contributed by atoms with Crippen LogP contribution in [-0.4, -0.2) is 13.1 Å². The molecule has 9 heteroatoms. The first-order chi connectivity index (χ1) is 11.5. The van der Waals surface area contributed by atoms with Gasteiger partial charge >= 0.3 is 5.97 Å². The van der Waals surface area contributed by atoms with E-state index in [2.05, 4.69) is 9.47 Å². The maximum atomic E-state index is 13.8. The molecule has 1 fully saturated rings. The Hall–Kier alpha value is -2.19. The fraction of sp³-hybridized carbons (Fsp3) is 0.438. The second kappa shape index (κ2) is 6.61. The van der Waals surface area contributed by atoms with Crippen LogP contribution in [0.3, 0.4) is 0 Å². The normalized spacial score (nSPS) is 20.8. The van der Waals surface area contributed by atoms with Gasteiger partial charge in [0.05, 0.1) is 18.6 Å². The lowest BCUT2D eigenvalue weighted by molar-refractivity contribution is -0.147. The van der Waals surface area contributed by atoms with Crippen LogP contribution in [0.15, 0.2) is 12.2 Å². The van der Waals surface area contributed by atoms with Gasteiger partial charge in [-0.15, -0.1) is 0 Å². The molecule has 0 saturated heterocycles. The van der Waals surface area contributed by atoms with Crippen molar-refractivity contribution in [3.63, 3.8) is 0 Å². The molecule has 0 aliphatic heterocycles. The molecule has 1 aromatic rings. The molecule has 1 saturated carbocycles. The van der Waals surface area contributed by atoms with E-state index >= 15 is 0 Å². The maximum absolute atomic E-state index is 13.8. The molecule has 2 unspecified atom stereocenters. The predicted molar refractivity (Wildman–Crippen MR) is 73.7 cm³/mol. The van der Waals surface area contributed by atoms with E-state index in [9.17, 15) is 31.1 Å². The molecule has 25 heavy (non-hydrogen) atoms. The first kappa shape index (κ1) is 19.1. The summed E-state index contributed by atoms with van der Waals surface area (Å²) in [4.78, 5) is 11.9. The zero-order chi connectivity index (χ0) is 19.1. The zero-order valence-electron chi connectivity index (χ0n) is 13.4. The van der Waals surface area contributed by atoms with E-state index in [0.717, 1.165) is 7.11 Å². The minimum absolute atomic E-state index is 0.597. The van der Waals surface area contributed by atoms with Crippen molar-refractivity contribution < 1.29 is 40.6 Å². The number of benzene rings is 1. The third-order valence-corrected chi connectivity index (χ3v) is 4.35. The first-order valence-corrected chi connectivity index (χ1v) is 7.12. The van der Waals surface area contributed by atoms with Gasteiger partial charge in [0, 0.05) is 5.92 Å². The van der Waals surface area contributed by atoms with Crippen molar-refractivity contribution in [3.05, 3.63) is 41.0 Å². The van der Waals surface area contributed by atoms with Gasteiger partial charge in [0.1, 0.15) is 6.61 Å². The Morgan fingerprint density at radius 3 is 2.04 bits per heavy atom. The fourth-order valence-corrected chi connectivity index (χ4v) is 2.77. The van der Waals surface area contributed by atoms with Crippen molar-refractivity contribution in [3.8, 4) is 5.75 Å². The Morgan fingerprint density at radius 1 is 1.08 bits per heavy atom. The number of carbonyl (C=O) groups excluding carboxylic acids is 1. The molecule has 138 valence electrons. The van der Waals surface area contributed by atoms with E-state index in [-0.39, 0.29) is 0 Å². The largest absolute Gasteiger partial charge is 0.491 e. The van der Waals surface area contributed by atoms with Crippen LogP contribution in [0.4, 0.5) is 26.3 Å². The van der Waals surface area contributed by atoms with Crippen molar-refractivity contribution in [2.75, 3.05) is 7.11 Å². The maximum Gasteiger partial charge on any atom is 0.310 e. The number of rotatable bonds is 5. The molecule has 2 atom stereocenters. The smallest absolute Gasteiger partial charge is 0.310 e. The molecular formula is C16H14F6O3. The van der Waals surface area contributed by atoms with Crippen LogP contribution in [0.1, 0.15) is 19.4 Å². The molecule has 0 spiro atoms. The standard InChI is InChI=1S/C16H14F6O3/c1-16(2)7(4-8(17)18)9(16)15(23)25-5-6-10(19)12(21)14(24-3)13(22)11(6)20/h4,7,9H,5H2,1-3H3. The quantitative estimate of drug-likeness (QED) is 0.440. The summed E-state index contributed by atoms with van der Waals surface area (Å²) >= 11 is 0. The fourth-order valence-electron chi connectivity index (χ4n) is 2.77.